The number of rotatable bonds is 8. The number of nitrogens with zero attached hydrogens (tertiary/aromatic N) is 4. The van der Waals surface area contributed by atoms with E-state index in [0.717, 1.165) is 28.1 Å². The van der Waals surface area contributed by atoms with E-state index in [9.17, 15) is 4.79 Å². The molecule has 0 unspecified atom stereocenters. The number of thioether (sulfide) groups is 1. The molecule has 34 heavy (non-hydrogen) atoms. The van der Waals surface area contributed by atoms with Crippen molar-refractivity contribution in [3.63, 3.8) is 0 Å². The predicted octanol–water partition coefficient (Wildman–Crippen LogP) is 5.15. The van der Waals surface area contributed by atoms with Crippen LogP contribution in [0.25, 0.3) is 17.1 Å². The topological polar surface area (TPSA) is 81.4 Å². The number of hydrogen-bond donors (Lipinski definition) is 1. The van der Waals surface area contributed by atoms with Gasteiger partial charge in [0.1, 0.15) is 5.75 Å². The molecule has 0 aliphatic carbocycles. The molecule has 9 heteroatoms. The van der Waals surface area contributed by atoms with Gasteiger partial charge in [-0.15, -0.1) is 10.2 Å². The Hall–Kier alpha value is -3.62. The van der Waals surface area contributed by atoms with E-state index in [-0.39, 0.29) is 11.7 Å². The van der Waals surface area contributed by atoms with E-state index < -0.39 is 0 Å². The predicted molar refractivity (Wildman–Crippen MR) is 136 cm³/mol. The molecule has 172 valence electrons. The SMILES string of the molecule is COc1cccc(/C=N/NC(=O)CSc2nnc(-c3ccc(Cl)cc3)n2-c2ccc(C)cc2)c1. The molecule has 1 aromatic heterocycles. The van der Waals surface area contributed by atoms with Crippen LogP contribution in [0.1, 0.15) is 11.1 Å². The minimum atomic E-state index is -0.254. The summed E-state index contributed by atoms with van der Waals surface area (Å²) in [5.74, 6) is 1.26. The van der Waals surface area contributed by atoms with Gasteiger partial charge in [-0.25, -0.2) is 5.43 Å². The van der Waals surface area contributed by atoms with Crippen LogP contribution in [0.5, 0.6) is 5.75 Å². The fourth-order valence-electron chi connectivity index (χ4n) is 3.14. The summed E-state index contributed by atoms with van der Waals surface area (Å²) in [6, 6.07) is 22.9. The summed E-state index contributed by atoms with van der Waals surface area (Å²) in [6.07, 6.45) is 1.57. The van der Waals surface area contributed by atoms with Crippen molar-refractivity contribution in [2.75, 3.05) is 12.9 Å². The molecule has 0 spiro atoms. The Morgan fingerprint density at radius 3 is 2.62 bits per heavy atom. The van der Waals surface area contributed by atoms with Gasteiger partial charge in [-0.3, -0.25) is 9.36 Å². The number of ether oxygens (including phenoxy) is 1. The molecule has 3 aromatic carbocycles. The molecule has 0 saturated carbocycles. The Bertz CT molecular complexity index is 1300. The van der Waals surface area contributed by atoms with Crippen molar-refractivity contribution >= 4 is 35.5 Å². The molecule has 0 radical (unpaired) electrons. The fourth-order valence-corrected chi connectivity index (χ4v) is 4.01. The van der Waals surface area contributed by atoms with Crippen molar-refractivity contribution in [2.45, 2.75) is 12.1 Å². The number of aromatic nitrogens is 3. The molecule has 4 aromatic rings. The first-order valence-electron chi connectivity index (χ1n) is 10.4. The molecule has 7 nitrogen and oxygen atoms in total. The number of aryl methyl sites for hydroxylation is 1. The van der Waals surface area contributed by atoms with E-state index in [0.29, 0.717) is 16.0 Å². The third-order valence-electron chi connectivity index (χ3n) is 4.86. The summed E-state index contributed by atoms with van der Waals surface area (Å²) in [4.78, 5) is 12.4. The zero-order chi connectivity index (χ0) is 23.9. The molecule has 1 heterocycles. The van der Waals surface area contributed by atoms with Gasteiger partial charge in [0.15, 0.2) is 11.0 Å². The average molecular weight is 492 g/mol. The summed E-state index contributed by atoms with van der Waals surface area (Å²) >= 11 is 7.33. The number of carbonyl (C=O) groups excluding carboxylic acids is 1. The van der Waals surface area contributed by atoms with Gasteiger partial charge < -0.3 is 4.74 Å². The largest absolute Gasteiger partial charge is 0.497 e. The zero-order valence-corrected chi connectivity index (χ0v) is 20.2. The highest BCUT2D eigenvalue weighted by Crippen LogP contribution is 2.28. The van der Waals surface area contributed by atoms with E-state index >= 15 is 0 Å². The molecule has 0 atom stereocenters. The summed E-state index contributed by atoms with van der Waals surface area (Å²) in [5.41, 5.74) is 6.29. The van der Waals surface area contributed by atoms with Crippen molar-refractivity contribution in [1.29, 1.82) is 0 Å². The van der Waals surface area contributed by atoms with Crippen LogP contribution in [0.15, 0.2) is 83.1 Å². The molecule has 0 aliphatic heterocycles. The Labute approximate surface area is 206 Å². The lowest BCUT2D eigenvalue weighted by atomic mass is 10.2. The number of halogens is 1. The Balaban J connectivity index is 1.50. The van der Waals surface area contributed by atoms with Gasteiger partial charge in [0.2, 0.25) is 0 Å². The number of carbonyl (C=O) groups is 1. The van der Waals surface area contributed by atoms with Crippen molar-refractivity contribution in [3.8, 4) is 22.8 Å². The minimum absolute atomic E-state index is 0.125. The molecule has 1 amide bonds. The second kappa shape index (κ2) is 11.0. The smallest absolute Gasteiger partial charge is 0.250 e. The number of amides is 1. The van der Waals surface area contributed by atoms with E-state index in [1.165, 1.54) is 11.8 Å². The number of benzene rings is 3. The van der Waals surface area contributed by atoms with Gasteiger partial charge in [0.05, 0.1) is 19.1 Å². The molecule has 4 rings (SSSR count). The third-order valence-corrected chi connectivity index (χ3v) is 6.04. The molecular formula is C25H22ClN5O2S. The van der Waals surface area contributed by atoms with Crippen LogP contribution in [-0.2, 0) is 4.79 Å². The van der Waals surface area contributed by atoms with Crippen LogP contribution in [0.3, 0.4) is 0 Å². The number of nitrogens with one attached hydrogen (secondary N) is 1. The normalized spacial score (nSPS) is 11.0. The Kier molecular flexibility index (Phi) is 7.61. The molecular weight excluding hydrogens is 470 g/mol. The Morgan fingerprint density at radius 1 is 1.12 bits per heavy atom. The van der Waals surface area contributed by atoms with Crippen molar-refractivity contribution < 1.29 is 9.53 Å². The zero-order valence-electron chi connectivity index (χ0n) is 18.6. The quantitative estimate of drug-likeness (QED) is 0.209. The maximum absolute atomic E-state index is 12.4. The minimum Gasteiger partial charge on any atom is -0.497 e. The van der Waals surface area contributed by atoms with Crippen LogP contribution < -0.4 is 10.2 Å². The molecule has 0 aliphatic rings. The lowest BCUT2D eigenvalue weighted by molar-refractivity contribution is -0.118. The summed E-state index contributed by atoms with van der Waals surface area (Å²) < 4.78 is 7.12. The van der Waals surface area contributed by atoms with Crippen molar-refractivity contribution in [3.05, 3.63) is 88.9 Å². The monoisotopic (exact) mass is 491 g/mol. The summed E-state index contributed by atoms with van der Waals surface area (Å²) in [6.45, 7) is 2.03. The van der Waals surface area contributed by atoms with Gasteiger partial charge in [-0.05, 0) is 61.0 Å². The van der Waals surface area contributed by atoms with Crippen LogP contribution in [-0.4, -0.2) is 39.7 Å². The Morgan fingerprint density at radius 2 is 1.88 bits per heavy atom. The lowest BCUT2D eigenvalue weighted by Crippen LogP contribution is -2.20. The lowest BCUT2D eigenvalue weighted by Gasteiger charge is -2.10. The molecule has 0 bridgehead atoms. The van der Waals surface area contributed by atoms with Crippen molar-refractivity contribution in [2.24, 2.45) is 5.10 Å². The van der Waals surface area contributed by atoms with E-state index in [4.69, 9.17) is 16.3 Å². The second-order valence-corrected chi connectivity index (χ2v) is 8.72. The van der Waals surface area contributed by atoms with Crippen LogP contribution in [0.4, 0.5) is 0 Å². The molecule has 0 saturated heterocycles. The van der Waals surface area contributed by atoms with Crippen LogP contribution in [0.2, 0.25) is 5.02 Å². The fraction of sp³-hybridized carbons (Fsp3) is 0.120. The second-order valence-electron chi connectivity index (χ2n) is 7.34. The van der Waals surface area contributed by atoms with Gasteiger partial charge in [-0.2, -0.15) is 5.10 Å². The average Bonchev–Trinajstić information content (AvgIpc) is 3.28. The highest BCUT2D eigenvalue weighted by molar-refractivity contribution is 7.99. The maximum Gasteiger partial charge on any atom is 0.250 e. The summed E-state index contributed by atoms with van der Waals surface area (Å²) in [5, 5.41) is 14.0. The standard InChI is InChI=1S/C25H22ClN5O2S/c1-17-6-12-21(13-7-17)31-24(19-8-10-20(26)11-9-19)29-30-25(31)34-16-23(32)28-27-15-18-4-3-5-22(14-18)33-2/h3-15H,16H2,1-2H3,(H,28,32)/b27-15+. The summed E-state index contributed by atoms with van der Waals surface area (Å²) in [7, 11) is 1.60. The maximum atomic E-state index is 12.4. The first-order valence-corrected chi connectivity index (χ1v) is 11.8. The van der Waals surface area contributed by atoms with Gasteiger partial charge in [0, 0.05) is 16.3 Å². The highest BCUT2D eigenvalue weighted by Gasteiger charge is 2.17. The first-order chi connectivity index (χ1) is 16.5. The van der Waals surface area contributed by atoms with Crippen molar-refractivity contribution in [1.82, 2.24) is 20.2 Å². The van der Waals surface area contributed by atoms with Gasteiger partial charge >= 0.3 is 0 Å². The number of methoxy groups -OCH3 is 1. The molecule has 0 fully saturated rings. The third kappa shape index (κ3) is 5.84. The highest BCUT2D eigenvalue weighted by atomic mass is 35.5. The number of hydrazone groups is 1. The van der Waals surface area contributed by atoms with Crippen LogP contribution >= 0.6 is 23.4 Å². The van der Waals surface area contributed by atoms with Gasteiger partial charge in [0.25, 0.3) is 5.91 Å². The van der Waals surface area contributed by atoms with Gasteiger partial charge in [-0.1, -0.05) is 53.2 Å². The van der Waals surface area contributed by atoms with E-state index in [2.05, 4.69) is 20.7 Å². The first kappa shape index (κ1) is 23.5. The molecule has 1 N–H and O–H groups in total. The number of hydrogen-bond acceptors (Lipinski definition) is 6. The van der Waals surface area contributed by atoms with Crippen LogP contribution in [0, 0.1) is 6.92 Å². The van der Waals surface area contributed by atoms with E-state index in [1.54, 1.807) is 13.3 Å². The van der Waals surface area contributed by atoms with E-state index in [1.807, 2.05) is 84.3 Å².